The van der Waals surface area contributed by atoms with Crippen molar-refractivity contribution in [3.8, 4) is 0 Å². The lowest BCUT2D eigenvalue weighted by atomic mass is 9.79. The smallest absolute Gasteiger partial charge is 0.0352 e. The molecule has 0 heteroatoms. The van der Waals surface area contributed by atoms with Gasteiger partial charge >= 0.3 is 0 Å². The lowest BCUT2D eigenvalue weighted by Crippen LogP contribution is -2.18. The van der Waals surface area contributed by atoms with Crippen molar-refractivity contribution < 1.29 is 0 Å². The minimum Gasteiger partial charge on any atom is -0.0654 e. The Labute approximate surface area is 167 Å². The zero-order valence-electron chi connectivity index (χ0n) is 19.2. The molecule has 0 amide bonds. The van der Waals surface area contributed by atoms with Crippen LogP contribution in [0.2, 0.25) is 0 Å². The molecule has 1 saturated carbocycles. The van der Waals surface area contributed by atoms with E-state index in [1.807, 2.05) is 0 Å². The fourth-order valence-corrected chi connectivity index (χ4v) is 5.86. The average molecular weight is 365 g/mol. The summed E-state index contributed by atoms with van der Waals surface area (Å²) in [5.74, 6) is 5.04. The Balaban J connectivity index is 2.51. The maximum atomic E-state index is 2.60. The SMILES string of the molecule is CCCCCCCCCC1C(CCCCC)C(C)C(C)C1CCCCC. The molecule has 0 heterocycles. The Morgan fingerprint density at radius 1 is 0.385 bits per heavy atom. The Hall–Kier alpha value is 0. The number of unbranched alkanes of at least 4 members (excludes halogenated alkanes) is 10. The van der Waals surface area contributed by atoms with E-state index in [0.717, 1.165) is 29.6 Å². The highest BCUT2D eigenvalue weighted by Crippen LogP contribution is 2.51. The third-order valence-electron chi connectivity index (χ3n) is 7.70. The highest BCUT2D eigenvalue weighted by molar-refractivity contribution is 4.93. The second-order valence-electron chi connectivity index (χ2n) is 9.61. The highest BCUT2D eigenvalue weighted by Gasteiger charge is 2.44. The van der Waals surface area contributed by atoms with E-state index in [2.05, 4.69) is 34.6 Å². The standard InChI is InChI=1S/C26H52/c1-6-9-12-13-14-15-18-21-26-24(19-16-10-7-2)22(4)23(5)25(26)20-17-11-8-3/h22-26H,6-21H2,1-5H3. The lowest BCUT2D eigenvalue weighted by Gasteiger charge is -2.27. The van der Waals surface area contributed by atoms with Gasteiger partial charge < -0.3 is 0 Å². The molecule has 26 heavy (non-hydrogen) atoms. The lowest BCUT2D eigenvalue weighted by molar-refractivity contribution is 0.232. The van der Waals surface area contributed by atoms with Crippen molar-refractivity contribution in [3.63, 3.8) is 0 Å². The third kappa shape index (κ3) is 8.35. The zero-order chi connectivity index (χ0) is 19.2. The summed E-state index contributed by atoms with van der Waals surface area (Å²) >= 11 is 0. The van der Waals surface area contributed by atoms with E-state index in [-0.39, 0.29) is 0 Å². The van der Waals surface area contributed by atoms with Crippen LogP contribution in [0.1, 0.15) is 137 Å². The first kappa shape index (κ1) is 24.0. The van der Waals surface area contributed by atoms with E-state index < -0.39 is 0 Å². The largest absolute Gasteiger partial charge is 0.0654 e. The van der Waals surface area contributed by atoms with E-state index in [1.54, 1.807) is 0 Å². The monoisotopic (exact) mass is 364 g/mol. The van der Waals surface area contributed by atoms with Crippen molar-refractivity contribution in [2.24, 2.45) is 29.6 Å². The summed E-state index contributed by atoms with van der Waals surface area (Å²) in [5, 5.41) is 0. The molecule has 0 aliphatic heterocycles. The predicted molar refractivity (Wildman–Crippen MR) is 120 cm³/mol. The first-order valence-electron chi connectivity index (χ1n) is 12.7. The van der Waals surface area contributed by atoms with Crippen molar-refractivity contribution in [2.45, 2.75) is 137 Å². The molecule has 0 N–H and O–H groups in total. The minimum absolute atomic E-state index is 0.966. The van der Waals surface area contributed by atoms with Gasteiger partial charge in [0.2, 0.25) is 0 Å². The van der Waals surface area contributed by atoms with E-state index >= 15 is 0 Å². The summed E-state index contributed by atoms with van der Waals surface area (Å²) in [6.07, 6.45) is 23.4. The molecule has 0 aromatic carbocycles. The fraction of sp³-hybridized carbons (Fsp3) is 1.00. The van der Waals surface area contributed by atoms with Crippen LogP contribution in [0.15, 0.2) is 0 Å². The van der Waals surface area contributed by atoms with Gasteiger partial charge in [-0.3, -0.25) is 0 Å². The van der Waals surface area contributed by atoms with Crippen LogP contribution in [0, 0.1) is 29.6 Å². The molecule has 156 valence electrons. The van der Waals surface area contributed by atoms with Crippen LogP contribution < -0.4 is 0 Å². The first-order chi connectivity index (χ1) is 12.7. The molecule has 0 saturated heterocycles. The second kappa shape index (κ2) is 15.0. The molecule has 0 radical (unpaired) electrons. The molecule has 0 spiro atoms. The molecule has 0 aromatic heterocycles. The summed E-state index contributed by atoms with van der Waals surface area (Å²) < 4.78 is 0. The summed E-state index contributed by atoms with van der Waals surface area (Å²) in [6, 6.07) is 0. The van der Waals surface area contributed by atoms with Gasteiger partial charge in [0, 0.05) is 0 Å². The maximum Gasteiger partial charge on any atom is -0.0352 e. The van der Waals surface area contributed by atoms with Crippen LogP contribution in [0.3, 0.4) is 0 Å². The number of rotatable bonds is 16. The summed E-state index contributed by atoms with van der Waals surface area (Å²) in [7, 11) is 0. The van der Waals surface area contributed by atoms with Crippen molar-refractivity contribution >= 4 is 0 Å². The summed E-state index contributed by atoms with van der Waals surface area (Å²) in [4.78, 5) is 0. The molecule has 1 aliphatic carbocycles. The normalized spacial score (nSPS) is 28.7. The van der Waals surface area contributed by atoms with E-state index in [9.17, 15) is 0 Å². The molecule has 1 fully saturated rings. The van der Waals surface area contributed by atoms with Crippen LogP contribution in [0.4, 0.5) is 0 Å². The van der Waals surface area contributed by atoms with Gasteiger partial charge in [-0.25, -0.2) is 0 Å². The Kier molecular flexibility index (Phi) is 13.9. The topological polar surface area (TPSA) is 0 Å². The number of hydrogen-bond acceptors (Lipinski definition) is 0. The Bertz CT molecular complexity index is 285. The van der Waals surface area contributed by atoms with Gasteiger partial charge in [-0.05, 0) is 48.9 Å². The summed E-state index contributed by atoms with van der Waals surface area (Å²) in [5.41, 5.74) is 0. The van der Waals surface area contributed by atoms with Gasteiger partial charge in [0.1, 0.15) is 0 Å². The van der Waals surface area contributed by atoms with Crippen LogP contribution in [0.5, 0.6) is 0 Å². The molecular formula is C26H52. The molecule has 0 bridgehead atoms. The molecule has 1 rings (SSSR count). The first-order valence-corrected chi connectivity index (χ1v) is 12.7. The molecule has 0 aromatic rings. The predicted octanol–water partition coefficient (Wildman–Crippen LogP) is 9.42. The van der Waals surface area contributed by atoms with Crippen LogP contribution in [-0.2, 0) is 0 Å². The van der Waals surface area contributed by atoms with Gasteiger partial charge in [-0.15, -0.1) is 0 Å². The molecular weight excluding hydrogens is 312 g/mol. The zero-order valence-corrected chi connectivity index (χ0v) is 19.2. The van der Waals surface area contributed by atoms with Crippen LogP contribution >= 0.6 is 0 Å². The van der Waals surface area contributed by atoms with Crippen molar-refractivity contribution in [1.82, 2.24) is 0 Å². The van der Waals surface area contributed by atoms with Gasteiger partial charge in [0.05, 0.1) is 0 Å². The van der Waals surface area contributed by atoms with E-state index in [4.69, 9.17) is 0 Å². The average Bonchev–Trinajstić information content (AvgIpc) is 2.86. The van der Waals surface area contributed by atoms with Gasteiger partial charge in [0.15, 0.2) is 0 Å². The van der Waals surface area contributed by atoms with Gasteiger partial charge in [0.25, 0.3) is 0 Å². The van der Waals surface area contributed by atoms with Crippen molar-refractivity contribution in [2.75, 3.05) is 0 Å². The third-order valence-corrected chi connectivity index (χ3v) is 7.70. The fourth-order valence-electron chi connectivity index (χ4n) is 5.86. The van der Waals surface area contributed by atoms with Gasteiger partial charge in [-0.1, -0.05) is 118 Å². The van der Waals surface area contributed by atoms with E-state index in [0.29, 0.717) is 0 Å². The molecule has 4 unspecified atom stereocenters. The van der Waals surface area contributed by atoms with E-state index in [1.165, 1.54) is 103 Å². The highest BCUT2D eigenvalue weighted by atomic mass is 14.5. The van der Waals surface area contributed by atoms with Crippen molar-refractivity contribution in [1.29, 1.82) is 0 Å². The Morgan fingerprint density at radius 3 is 1.15 bits per heavy atom. The molecule has 1 aliphatic rings. The Morgan fingerprint density at radius 2 is 0.692 bits per heavy atom. The van der Waals surface area contributed by atoms with Gasteiger partial charge in [-0.2, -0.15) is 0 Å². The van der Waals surface area contributed by atoms with Crippen LogP contribution in [-0.4, -0.2) is 0 Å². The minimum atomic E-state index is 0.966. The molecule has 4 atom stereocenters. The maximum absolute atomic E-state index is 2.60. The molecule has 0 nitrogen and oxygen atoms in total. The summed E-state index contributed by atoms with van der Waals surface area (Å²) in [6.45, 7) is 12.2. The van der Waals surface area contributed by atoms with Crippen LogP contribution in [0.25, 0.3) is 0 Å². The van der Waals surface area contributed by atoms with Crippen molar-refractivity contribution in [3.05, 3.63) is 0 Å². The second-order valence-corrected chi connectivity index (χ2v) is 9.61. The quantitative estimate of drug-likeness (QED) is 0.239. The number of hydrogen-bond donors (Lipinski definition) is 0.